The smallest absolute Gasteiger partial charge is 0.328 e. The van der Waals surface area contributed by atoms with Crippen molar-refractivity contribution in [2.75, 3.05) is 13.1 Å². The summed E-state index contributed by atoms with van der Waals surface area (Å²) in [6.45, 7) is 2.98. The number of hydrogen-bond donors (Lipinski definition) is 4. The van der Waals surface area contributed by atoms with Crippen molar-refractivity contribution in [3.8, 4) is 0 Å². The molecule has 2 aliphatic heterocycles. The number of nitrogens with zero attached hydrogens (tertiary/aromatic N) is 2. The predicted molar refractivity (Wildman–Crippen MR) is 83.5 cm³/mol. The summed E-state index contributed by atoms with van der Waals surface area (Å²) in [6.07, 6.45) is 1.12. The van der Waals surface area contributed by atoms with E-state index in [0.717, 1.165) is 30.2 Å². The molecule has 0 atom stereocenters. The Bertz CT molecular complexity index is 674. The first-order valence-corrected chi connectivity index (χ1v) is 7.16. The molecule has 0 aromatic heterocycles. The minimum absolute atomic E-state index is 0.122. The average molecular weight is 336 g/mol. The molecule has 24 heavy (non-hydrogen) atoms. The molecule has 2 aliphatic rings. The molecule has 9 heteroatoms. The summed E-state index contributed by atoms with van der Waals surface area (Å²) < 4.78 is 13.5. The number of nitrogens with one attached hydrogen (secondary N) is 2. The lowest BCUT2D eigenvalue weighted by Gasteiger charge is -2.17. The Kier molecular flexibility index (Phi) is 5.85. The number of hydrogen-bond acceptors (Lipinski definition) is 6. The fourth-order valence-corrected chi connectivity index (χ4v) is 2.23. The van der Waals surface area contributed by atoms with Crippen molar-refractivity contribution in [1.82, 2.24) is 15.8 Å². The number of aliphatic imine (C=N–C) groups is 1. The molecule has 2 heterocycles. The first-order chi connectivity index (χ1) is 11.5. The van der Waals surface area contributed by atoms with Crippen molar-refractivity contribution >= 4 is 17.9 Å². The van der Waals surface area contributed by atoms with E-state index in [1.54, 1.807) is 6.07 Å². The van der Waals surface area contributed by atoms with Crippen molar-refractivity contribution in [2.24, 2.45) is 4.99 Å². The molecule has 0 bridgehead atoms. The number of carbonyl (C=O) groups is 2. The van der Waals surface area contributed by atoms with Crippen molar-refractivity contribution in [1.29, 1.82) is 0 Å². The second-order valence-electron chi connectivity index (χ2n) is 5.01. The maximum Gasteiger partial charge on any atom is 0.328 e. The number of guanidine groups is 1. The number of carboxylic acids is 2. The second-order valence-corrected chi connectivity index (χ2v) is 5.01. The van der Waals surface area contributed by atoms with Gasteiger partial charge in [-0.05, 0) is 11.6 Å². The average Bonchev–Trinajstić information content (AvgIpc) is 3.16. The summed E-state index contributed by atoms with van der Waals surface area (Å²) in [5.74, 6) is -1.85. The molecular weight excluding hydrogens is 319 g/mol. The zero-order valence-electron chi connectivity index (χ0n) is 12.7. The summed E-state index contributed by atoms with van der Waals surface area (Å²) in [6, 6.07) is 5.22. The van der Waals surface area contributed by atoms with Gasteiger partial charge in [-0.1, -0.05) is 12.1 Å². The van der Waals surface area contributed by atoms with Crippen LogP contribution in [-0.4, -0.2) is 46.2 Å². The second kappa shape index (κ2) is 8.06. The molecule has 0 fully saturated rings. The van der Waals surface area contributed by atoms with Crippen LogP contribution >= 0.6 is 0 Å². The van der Waals surface area contributed by atoms with Gasteiger partial charge < -0.3 is 15.5 Å². The quantitative estimate of drug-likeness (QED) is 0.588. The fraction of sp³-hybridized carbons (Fsp3) is 0.267. The number of benzene rings is 1. The Morgan fingerprint density at radius 1 is 1.25 bits per heavy atom. The minimum Gasteiger partial charge on any atom is -0.478 e. The lowest BCUT2D eigenvalue weighted by Crippen LogP contribution is -2.43. The van der Waals surface area contributed by atoms with Gasteiger partial charge in [0.2, 0.25) is 5.96 Å². The minimum atomic E-state index is -1.26. The Balaban J connectivity index is 0.000000224. The van der Waals surface area contributed by atoms with Gasteiger partial charge in [0.15, 0.2) is 0 Å². The van der Waals surface area contributed by atoms with E-state index in [1.807, 2.05) is 11.1 Å². The third-order valence-electron chi connectivity index (χ3n) is 3.23. The summed E-state index contributed by atoms with van der Waals surface area (Å²) in [7, 11) is 0. The summed E-state index contributed by atoms with van der Waals surface area (Å²) in [5.41, 5.74) is 4.99. The maximum atomic E-state index is 13.5. The number of rotatable bonds is 3. The van der Waals surface area contributed by atoms with Crippen LogP contribution in [0.15, 0.2) is 35.3 Å². The molecule has 0 spiro atoms. The Morgan fingerprint density at radius 2 is 1.96 bits per heavy atom. The van der Waals surface area contributed by atoms with Crippen LogP contribution in [-0.2, 0) is 22.7 Å². The highest BCUT2D eigenvalue weighted by Crippen LogP contribution is 2.23. The van der Waals surface area contributed by atoms with Gasteiger partial charge in [0.25, 0.3) is 0 Å². The third kappa shape index (κ3) is 5.06. The molecule has 0 amide bonds. The molecule has 0 aliphatic carbocycles. The van der Waals surface area contributed by atoms with Crippen LogP contribution < -0.4 is 10.7 Å². The van der Waals surface area contributed by atoms with Crippen molar-refractivity contribution in [3.05, 3.63) is 47.3 Å². The summed E-state index contributed by atoms with van der Waals surface area (Å²) >= 11 is 0. The molecule has 8 nitrogen and oxygen atoms in total. The molecular formula is C15H17FN4O4. The van der Waals surface area contributed by atoms with Gasteiger partial charge in [0.05, 0.1) is 6.54 Å². The molecule has 3 rings (SSSR count). The van der Waals surface area contributed by atoms with E-state index >= 15 is 0 Å². The van der Waals surface area contributed by atoms with Crippen LogP contribution in [0.2, 0.25) is 0 Å². The van der Waals surface area contributed by atoms with Crippen LogP contribution in [0.25, 0.3) is 0 Å². The third-order valence-corrected chi connectivity index (χ3v) is 3.23. The first kappa shape index (κ1) is 17.4. The van der Waals surface area contributed by atoms with E-state index in [9.17, 15) is 14.0 Å². The molecule has 128 valence electrons. The topological polar surface area (TPSA) is 114 Å². The maximum absolute atomic E-state index is 13.5. The van der Waals surface area contributed by atoms with Crippen LogP contribution in [0.1, 0.15) is 11.1 Å². The molecule has 0 saturated heterocycles. The van der Waals surface area contributed by atoms with Crippen molar-refractivity contribution < 1.29 is 24.2 Å². The zero-order valence-corrected chi connectivity index (χ0v) is 12.7. The Morgan fingerprint density at radius 3 is 2.50 bits per heavy atom. The first-order valence-electron chi connectivity index (χ1n) is 7.16. The van der Waals surface area contributed by atoms with Gasteiger partial charge in [-0.15, -0.1) is 0 Å². The normalized spacial score (nSPS) is 16.0. The van der Waals surface area contributed by atoms with Gasteiger partial charge in [0.1, 0.15) is 5.82 Å². The largest absolute Gasteiger partial charge is 0.478 e. The number of hydrazine groups is 1. The van der Waals surface area contributed by atoms with Crippen LogP contribution in [0.3, 0.4) is 0 Å². The van der Waals surface area contributed by atoms with Crippen molar-refractivity contribution in [2.45, 2.75) is 13.1 Å². The number of aliphatic carboxylic acids is 2. The lowest BCUT2D eigenvalue weighted by atomic mass is 10.1. The van der Waals surface area contributed by atoms with Gasteiger partial charge in [-0.3, -0.25) is 10.4 Å². The molecule has 4 N–H and O–H groups in total. The van der Waals surface area contributed by atoms with Crippen LogP contribution in [0.5, 0.6) is 0 Å². The zero-order chi connectivity index (χ0) is 17.5. The molecule has 1 aromatic carbocycles. The van der Waals surface area contributed by atoms with Gasteiger partial charge in [-0.2, -0.15) is 0 Å². The van der Waals surface area contributed by atoms with E-state index in [-0.39, 0.29) is 5.82 Å². The Hall–Kier alpha value is -2.94. The SMILES string of the molecule is Fc1cccc2c1CN(NC1=NCCN1)C2.O=C(O)C=CC(=O)O. The standard InChI is InChI=1S/C11H13FN4.C4H4O4/c12-10-3-1-2-8-6-16(7-9(8)10)15-11-13-4-5-14-11;5-3(6)1-2-4(7)8/h1-3H,4-7H2,(H2,13,14,15);1-2H,(H,5,6)(H,7,8). The predicted octanol–water partition coefficient (Wildman–Crippen LogP) is 0.317. The van der Waals surface area contributed by atoms with E-state index in [1.165, 1.54) is 6.07 Å². The lowest BCUT2D eigenvalue weighted by molar-refractivity contribution is -0.134. The van der Waals surface area contributed by atoms with Crippen LogP contribution in [0, 0.1) is 5.82 Å². The van der Waals surface area contributed by atoms with E-state index in [2.05, 4.69) is 15.7 Å². The molecule has 0 radical (unpaired) electrons. The van der Waals surface area contributed by atoms with E-state index in [0.29, 0.717) is 25.2 Å². The van der Waals surface area contributed by atoms with Gasteiger partial charge in [-0.25, -0.2) is 19.0 Å². The molecule has 1 aromatic rings. The highest BCUT2D eigenvalue weighted by Gasteiger charge is 2.22. The summed E-state index contributed by atoms with van der Waals surface area (Å²) in [4.78, 5) is 23.4. The van der Waals surface area contributed by atoms with Crippen LogP contribution in [0.4, 0.5) is 4.39 Å². The highest BCUT2D eigenvalue weighted by molar-refractivity contribution is 5.89. The monoisotopic (exact) mass is 336 g/mol. The number of fused-ring (bicyclic) bond motifs is 1. The van der Waals surface area contributed by atoms with E-state index < -0.39 is 11.9 Å². The molecule has 0 saturated carbocycles. The highest BCUT2D eigenvalue weighted by atomic mass is 19.1. The van der Waals surface area contributed by atoms with Gasteiger partial charge >= 0.3 is 11.9 Å². The fourth-order valence-electron chi connectivity index (χ4n) is 2.23. The van der Waals surface area contributed by atoms with Gasteiger partial charge in [0, 0.05) is 37.3 Å². The van der Waals surface area contributed by atoms with Crippen molar-refractivity contribution in [3.63, 3.8) is 0 Å². The van der Waals surface area contributed by atoms with E-state index in [4.69, 9.17) is 10.2 Å². The number of halogens is 1. The number of carboxylic acid groups (broad SMARTS) is 2. The molecule has 0 unspecified atom stereocenters. The summed E-state index contributed by atoms with van der Waals surface area (Å²) in [5, 5.41) is 20.7. The Labute approximate surface area is 137 Å².